The first kappa shape index (κ1) is 21.6. The largest absolute Gasteiger partial charge is 0.481 e. The zero-order valence-corrected chi connectivity index (χ0v) is 16.0. The molecule has 9 heteroatoms. The molecular formula is C13H20Cl2NO4PS. The molecule has 1 rings (SSSR count). The first-order chi connectivity index (χ1) is 10.1. The monoisotopic (exact) mass is 387 g/mol. The normalized spacial score (nSPS) is 13.0. The van der Waals surface area contributed by atoms with Crippen molar-refractivity contribution in [2.75, 3.05) is 7.11 Å². The van der Waals surface area contributed by atoms with Gasteiger partial charge in [0.1, 0.15) is 5.75 Å². The zero-order valence-electron chi connectivity index (χ0n) is 12.8. The van der Waals surface area contributed by atoms with E-state index in [0.29, 0.717) is 15.8 Å². The molecule has 1 aromatic carbocycles. The number of carboxylic acids is 1. The van der Waals surface area contributed by atoms with Crippen LogP contribution in [0.3, 0.4) is 0 Å². The van der Waals surface area contributed by atoms with Crippen LogP contribution in [0.4, 0.5) is 0 Å². The number of hydrogen-bond donors (Lipinski definition) is 2. The van der Waals surface area contributed by atoms with E-state index in [0.717, 1.165) is 0 Å². The Labute approximate surface area is 146 Å². The second-order valence-electron chi connectivity index (χ2n) is 4.38. The second kappa shape index (κ2) is 10.4. The molecule has 0 bridgehead atoms. The summed E-state index contributed by atoms with van der Waals surface area (Å²) in [6.07, 6.45) is 0.222. The summed E-state index contributed by atoms with van der Waals surface area (Å²) in [5.74, 6) is -0.278. The Morgan fingerprint density at radius 3 is 2.36 bits per heavy atom. The van der Waals surface area contributed by atoms with E-state index in [1.54, 1.807) is 25.1 Å². The van der Waals surface area contributed by atoms with Gasteiger partial charge in [0.2, 0.25) is 0 Å². The highest BCUT2D eigenvalue weighted by atomic mass is 35.5. The molecule has 0 aliphatic heterocycles. The van der Waals surface area contributed by atoms with Crippen molar-refractivity contribution in [3.05, 3.63) is 28.2 Å². The third kappa shape index (κ3) is 8.93. The maximum absolute atomic E-state index is 9.37. The fourth-order valence-corrected chi connectivity index (χ4v) is 3.77. The Balaban J connectivity index is 0.000000763. The Bertz CT molecular complexity index is 543. The van der Waals surface area contributed by atoms with Gasteiger partial charge in [-0.25, -0.2) is 5.09 Å². The van der Waals surface area contributed by atoms with Crippen LogP contribution in [0.2, 0.25) is 10.0 Å². The summed E-state index contributed by atoms with van der Waals surface area (Å²) >= 11 is 17.1. The average Bonchev–Trinajstić information content (AvgIpc) is 2.42. The lowest BCUT2D eigenvalue weighted by Gasteiger charge is -2.24. The summed E-state index contributed by atoms with van der Waals surface area (Å²) in [5, 5.41) is 11.8. The van der Waals surface area contributed by atoms with Gasteiger partial charge in [0.25, 0.3) is 0 Å². The van der Waals surface area contributed by atoms with Crippen LogP contribution < -0.4 is 9.61 Å². The summed E-state index contributed by atoms with van der Waals surface area (Å²) in [5.41, 5.74) is 0. The number of rotatable bonds is 6. The van der Waals surface area contributed by atoms with Crippen LogP contribution in [0.25, 0.3) is 0 Å². The molecule has 0 spiro atoms. The highest BCUT2D eigenvalue weighted by Crippen LogP contribution is 2.46. The first-order valence-corrected chi connectivity index (χ1v) is 9.83. The van der Waals surface area contributed by atoms with Gasteiger partial charge in [-0.1, -0.05) is 30.1 Å². The third-order valence-electron chi connectivity index (χ3n) is 2.07. The van der Waals surface area contributed by atoms with Crippen molar-refractivity contribution in [2.24, 2.45) is 0 Å². The predicted octanol–water partition coefficient (Wildman–Crippen LogP) is 4.72. The van der Waals surface area contributed by atoms with Crippen LogP contribution in [0, 0.1) is 0 Å². The maximum atomic E-state index is 9.37. The van der Waals surface area contributed by atoms with Gasteiger partial charge in [-0.3, -0.25) is 4.79 Å². The topological polar surface area (TPSA) is 67.8 Å². The fraction of sp³-hybridized carbons (Fsp3) is 0.462. The Kier molecular flexibility index (Phi) is 10.3. The van der Waals surface area contributed by atoms with E-state index >= 15 is 0 Å². The lowest BCUT2D eigenvalue weighted by molar-refractivity contribution is -0.136. The summed E-state index contributed by atoms with van der Waals surface area (Å²) in [7, 11) is 1.51. The minimum absolute atomic E-state index is 0.159. The molecule has 1 aromatic rings. The van der Waals surface area contributed by atoms with Gasteiger partial charge in [0, 0.05) is 24.6 Å². The molecule has 0 radical (unpaired) electrons. The van der Waals surface area contributed by atoms with Crippen molar-refractivity contribution in [2.45, 2.75) is 33.2 Å². The van der Waals surface area contributed by atoms with Gasteiger partial charge in [0.05, 0.1) is 5.02 Å². The summed E-state index contributed by atoms with van der Waals surface area (Å²) < 4.78 is 10.9. The molecule has 0 aromatic heterocycles. The molecule has 0 aliphatic carbocycles. The SMILES string of the molecule is CCC(=O)O.COP(=S)(NC(C)C)Oc1ccc(Cl)cc1Cl. The van der Waals surface area contributed by atoms with E-state index in [4.69, 9.17) is 49.2 Å². The van der Waals surface area contributed by atoms with Crippen molar-refractivity contribution in [3.8, 4) is 5.75 Å². The third-order valence-corrected chi connectivity index (χ3v) is 5.34. The Morgan fingerprint density at radius 1 is 1.45 bits per heavy atom. The van der Waals surface area contributed by atoms with Gasteiger partial charge >= 0.3 is 12.6 Å². The predicted molar refractivity (Wildman–Crippen MR) is 94.6 cm³/mol. The Morgan fingerprint density at radius 2 is 2.00 bits per heavy atom. The summed E-state index contributed by atoms with van der Waals surface area (Å²) in [6.45, 7) is 2.97. The van der Waals surface area contributed by atoms with Crippen molar-refractivity contribution in [1.29, 1.82) is 0 Å². The summed E-state index contributed by atoms with van der Waals surface area (Å²) in [4.78, 5) is 9.37. The molecule has 0 saturated carbocycles. The number of benzene rings is 1. The quantitative estimate of drug-likeness (QED) is 0.688. The standard InChI is InChI=1S/C10H14Cl2NO2PS.C3H6O2/c1-7(2)13-16(17,14-3)15-10-5-4-8(11)6-9(10)12;1-2-3(4)5/h4-7H,1-3H3,(H,13,17);2H2,1H3,(H,4,5). The Hall–Kier alpha value is -0.360. The molecule has 126 valence electrons. The lowest BCUT2D eigenvalue weighted by Crippen LogP contribution is -2.22. The molecular weight excluding hydrogens is 368 g/mol. The number of nitrogens with one attached hydrogen (secondary N) is 1. The molecule has 0 heterocycles. The molecule has 1 unspecified atom stereocenters. The first-order valence-electron chi connectivity index (χ1n) is 6.43. The van der Waals surface area contributed by atoms with E-state index in [2.05, 4.69) is 5.09 Å². The smallest absolute Gasteiger partial charge is 0.312 e. The molecule has 0 amide bonds. The van der Waals surface area contributed by atoms with Gasteiger partial charge in [0.15, 0.2) is 0 Å². The lowest BCUT2D eigenvalue weighted by atomic mass is 10.3. The number of carboxylic acid groups (broad SMARTS) is 1. The van der Waals surface area contributed by atoms with Gasteiger partial charge in [-0.05, 0) is 43.9 Å². The van der Waals surface area contributed by atoms with Crippen molar-refractivity contribution in [1.82, 2.24) is 5.09 Å². The van der Waals surface area contributed by atoms with Crippen LogP contribution in [-0.4, -0.2) is 24.2 Å². The van der Waals surface area contributed by atoms with Gasteiger partial charge in [-0.15, -0.1) is 0 Å². The molecule has 1 atom stereocenters. The minimum atomic E-state index is -2.56. The van der Waals surface area contributed by atoms with Crippen LogP contribution in [0.5, 0.6) is 5.75 Å². The van der Waals surface area contributed by atoms with Crippen LogP contribution in [0.15, 0.2) is 18.2 Å². The van der Waals surface area contributed by atoms with Crippen LogP contribution in [-0.2, 0) is 21.1 Å². The van der Waals surface area contributed by atoms with E-state index in [9.17, 15) is 4.79 Å². The number of aliphatic carboxylic acids is 1. The van der Waals surface area contributed by atoms with Crippen molar-refractivity contribution >= 4 is 47.6 Å². The number of carbonyl (C=O) groups is 1. The molecule has 22 heavy (non-hydrogen) atoms. The number of halogens is 2. The fourth-order valence-electron chi connectivity index (χ4n) is 1.11. The average molecular weight is 388 g/mol. The van der Waals surface area contributed by atoms with Gasteiger partial charge in [-0.2, -0.15) is 0 Å². The molecule has 0 aliphatic rings. The van der Waals surface area contributed by atoms with Crippen LogP contribution in [0.1, 0.15) is 27.2 Å². The van der Waals surface area contributed by atoms with E-state index in [1.165, 1.54) is 7.11 Å². The van der Waals surface area contributed by atoms with Crippen LogP contribution >= 0.6 is 29.8 Å². The van der Waals surface area contributed by atoms with Crippen molar-refractivity contribution in [3.63, 3.8) is 0 Å². The van der Waals surface area contributed by atoms with E-state index < -0.39 is 12.6 Å². The molecule has 0 saturated heterocycles. The second-order valence-corrected chi connectivity index (χ2v) is 8.46. The highest BCUT2D eigenvalue weighted by Gasteiger charge is 2.21. The minimum Gasteiger partial charge on any atom is -0.481 e. The van der Waals surface area contributed by atoms with Crippen molar-refractivity contribution < 1.29 is 18.9 Å². The number of hydrogen-bond acceptors (Lipinski definition) is 4. The van der Waals surface area contributed by atoms with E-state index in [-0.39, 0.29) is 12.5 Å². The molecule has 2 N–H and O–H groups in total. The van der Waals surface area contributed by atoms with E-state index in [1.807, 2.05) is 13.8 Å². The maximum Gasteiger partial charge on any atom is 0.312 e. The molecule has 5 nitrogen and oxygen atoms in total. The molecule has 0 fully saturated rings. The van der Waals surface area contributed by atoms with Gasteiger partial charge < -0.3 is 14.2 Å². The zero-order chi connectivity index (χ0) is 17.3. The highest BCUT2D eigenvalue weighted by molar-refractivity contribution is 8.09. The summed E-state index contributed by atoms with van der Waals surface area (Å²) in [6, 6.07) is 5.12.